The van der Waals surface area contributed by atoms with Crippen molar-refractivity contribution in [3.63, 3.8) is 0 Å². The second-order valence-electron chi connectivity index (χ2n) is 7.91. The van der Waals surface area contributed by atoms with E-state index in [9.17, 15) is 19.7 Å². The first-order valence-electron chi connectivity index (χ1n) is 9.24. The molecular formula is C18H22IN3O7S. The van der Waals surface area contributed by atoms with Crippen LogP contribution in [0.3, 0.4) is 0 Å². The first-order chi connectivity index (χ1) is 14.1. The van der Waals surface area contributed by atoms with E-state index < -0.39 is 22.6 Å². The molecule has 2 aliphatic rings. The van der Waals surface area contributed by atoms with Crippen molar-refractivity contribution in [3.8, 4) is 0 Å². The van der Waals surface area contributed by atoms with Gasteiger partial charge in [0.1, 0.15) is 17.9 Å². The van der Waals surface area contributed by atoms with Crippen molar-refractivity contribution in [2.75, 3.05) is 31.1 Å². The predicted octanol–water partition coefficient (Wildman–Crippen LogP) is 3.71. The minimum atomic E-state index is -0.621. The summed E-state index contributed by atoms with van der Waals surface area (Å²) in [5, 5.41) is 11.9. The SMILES string of the molecule is CC(C)(C)OC(=O)N1CCN(c2ccc3c(c2[N+](=O)[O-])COC3=O)C(COSI)C1. The number of ether oxygens (including phenoxy) is 2. The van der Waals surface area contributed by atoms with Crippen LogP contribution in [0.2, 0.25) is 0 Å². The van der Waals surface area contributed by atoms with E-state index in [1.54, 1.807) is 37.8 Å². The van der Waals surface area contributed by atoms with E-state index in [1.807, 2.05) is 26.1 Å². The number of benzene rings is 1. The Morgan fingerprint density at radius 2 is 2.13 bits per heavy atom. The number of nitro benzene ring substituents is 1. The molecule has 1 amide bonds. The highest BCUT2D eigenvalue weighted by Crippen LogP contribution is 2.39. The van der Waals surface area contributed by atoms with E-state index in [4.69, 9.17) is 13.7 Å². The van der Waals surface area contributed by atoms with Gasteiger partial charge in [-0.25, -0.2) is 9.59 Å². The molecule has 0 bridgehead atoms. The second kappa shape index (κ2) is 9.14. The van der Waals surface area contributed by atoms with Crippen LogP contribution in [0.25, 0.3) is 0 Å². The molecule has 0 aliphatic carbocycles. The molecule has 1 aromatic carbocycles. The number of hydrogen-bond donors (Lipinski definition) is 0. The van der Waals surface area contributed by atoms with Crippen LogP contribution >= 0.6 is 30.4 Å². The first kappa shape index (κ1) is 22.9. The van der Waals surface area contributed by atoms with Gasteiger partial charge in [-0.15, -0.1) is 0 Å². The van der Waals surface area contributed by atoms with Gasteiger partial charge >= 0.3 is 12.1 Å². The van der Waals surface area contributed by atoms with E-state index in [-0.39, 0.29) is 42.6 Å². The molecule has 1 fully saturated rings. The molecule has 1 saturated heterocycles. The van der Waals surface area contributed by atoms with Crippen molar-refractivity contribution >= 4 is 53.9 Å². The third-order valence-corrected chi connectivity index (χ3v) is 5.75. The lowest BCUT2D eigenvalue weighted by Gasteiger charge is -2.42. The maximum absolute atomic E-state index is 12.5. The summed E-state index contributed by atoms with van der Waals surface area (Å²) in [5.74, 6) is -0.560. The lowest BCUT2D eigenvalue weighted by molar-refractivity contribution is -0.385. The van der Waals surface area contributed by atoms with Gasteiger partial charge in [0.25, 0.3) is 5.69 Å². The highest BCUT2D eigenvalue weighted by atomic mass is 127. The van der Waals surface area contributed by atoms with Crippen LogP contribution in [0.15, 0.2) is 12.1 Å². The number of halogens is 1. The van der Waals surface area contributed by atoms with Crippen LogP contribution in [-0.4, -0.2) is 59.8 Å². The van der Waals surface area contributed by atoms with Crippen LogP contribution in [-0.2, 0) is 20.3 Å². The maximum atomic E-state index is 12.5. The smallest absolute Gasteiger partial charge is 0.410 e. The molecule has 1 aromatic rings. The standard InChI is InChI=1S/C18H22IN3O7S/c1-18(2,3)29-17(24)20-6-7-21(11(8-20)9-28-30-19)14-5-4-12-13(10-27-16(12)23)15(14)22(25)26/h4-5,11H,6-10H2,1-3H3. The number of nitro groups is 1. The highest BCUT2D eigenvalue weighted by Gasteiger charge is 2.38. The van der Waals surface area contributed by atoms with Crippen LogP contribution in [0, 0.1) is 10.1 Å². The molecule has 0 aromatic heterocycles. The fraction of sp³-hybridized carbons (Fsp3) is 0.556. The van der Waals surface area contributed by atoms with Gasteiger partial charge < -0.3 is 23.5 Å². The summed E-state index contributed by atoms with van der Waals surface area (Å²) in [7, 11) is 1.15. The summed E-state index contributed by atoms with van der Waals surface area (Å²) in [6, 6.07) is 2.79. The third kappa shape index (κ3) is 4.91. The maximum Gasteiger partial charge on any atom is 0.410 e. The first-order valence-corrected chi connectivity index (χ1v) is 12.5. The van der Waals surface area contributed by atoms with Crippen molar-refractivity contribution in [3.05, 3.63) is 33.4 Å². The Labute approximate surface area is 190 Å². The summed E-state index contributed by atoms with van der Waals surface area (Å²) in [6.07, 6.45) is -0.434. The number of fused-ring (bicyclic) bond motifs is 1. The van der Waals surface area contributed by atoms with E-state index in [0.717, 1.165) is 9.21 Å². The predicted molar refractivity (Wildman–Crippen MR) is 119 cm³/mol. The van der Waals surface area contributed by atoms with Gasteiger partial charge in [0, 0.05) is 40.8 Å². The molecule has 0 spiro atoms. The van der Waals surface area contributed by atoms with Gasteiger partial charge in [0.05, 0.1) is 37.9 Å². The fourth-order valence-electron chi connectivity index (χ4n) is 3.52. The van der Waals surface area contributed by atoms with E-state index >= 15 is 0 Å². The topological polar surface area (TPSA) is 111 Å². The number of anilines is 1. The Morgan fingerprint density at radius 3 is 2.77 bits per heavy atom. The molecule has 1 atom stereocenters. The van der Waals surface area contributed by atoms with Gasteiger partial charge in [-0.1, -0.05) is 0 Å². The van der Waals surface area contributed by atoms with Gasteiger partial charge in [0.15, 0.2) is 0 Å². The van der Waals surface area contributed by atoms with Gasteiger partial charge in [-0.2, -0.15) is 0 Å². The summed E-state index contributed by atoms with van der Waals surface area (Å²) in [5.41, 5.74) is 0.112. The minimum Gasteiger partial charge on any atom is -0.457 e. The number of amides is 1. The van der Waals surface area contributed by atoms with Crippen molar-refractivity contribution in [1.29, 1.82) is 0 Å². The number of carbonyl (C=O) groups excluding carboxylic acids is 2. The van der Waals surface area contributed by atoms with Crippen molar-refractivity contribution in [2.24, 2.45) is 0 Å². The van der Waals surface area contributed by atoms with E-state index in [1.165, 1.54) is 0 Å². The molecule has 3 rings (SSSR count). The third-order valence-electron chi connectivity index (χ3n) is 4.76. The number of hydrogen-bond acceptors (Lipinski definition) is 9. The molecule has 12 heteroatoms. The summed E-state index contributed by atoms with van der Waals surface area (Å²) < 4.78 is 15.9. The molecule has 1 unspecified atom stereocenters. The number of cyclic esters (lactones) is 1. The summed E-state index contributed by atoms with van der Waals surface area (Å²) >= 11 is 1.99. The quantitative estimate of drug-likeness (QED) is 0.178. The molecule has 0 radical (unpaired) electrons. The van der Waals surface area contributed by atoms with Crippen LogP contribution in [0.5, 0.6) is 0 Å². The minimum absolute atomic E-state index is 0.124. The van der Waals surface area contributed by atoms with Crippen molar-refractivity contribution in [1.82, 2.24) is 4.90 Å². The number of nitrogens with zero attached hydrogens (tertiary/aromatic N) is 3. The molecule has 10 nitrogen and oxygen atoms in total. The van der Waals surface area contributed by atoms with Gasteiger partial charge in [0.2, 0.25) is 0 Å². The summed E-state index contributed by atoms with van der Waals surface area (Å²) in [4.78, 5) is 39.2. The molecule has 30 heavy (non-hydrogen) atoms. The Balaban J connectivity index is 1.91. The molecule has 2 aliphatic heterocycles. The number of rotatable bonds is 5. The number of esters is 1. The number of carbonyl (C=O) groups is 2. The monoisotopic (exact) mass is 551 g/mol. The zero-order chi connectivity index (χ0) is 22.1. The molecule has 0 saturated carbocycles. The van der Waals surface area contributed by atoms with Crippen LogP contribution in [0.4, 0.5) is 16.2 Å². The highest BCUT2D eigenvalue weighted by molar-refractivity contribution is 14.2. The van der Waals surface area contributed by atoms with E-state index in [2.05, 4.69) is 0 Å². The average Bonchev–Trinajstić information content (AvgIpc) is 3.04. The van der Waals surface area contributed by atoms with Crippen molar-refractivity contribution in [2.45, 2.75) is 39.0 Å². The van der Waals surface area contributed by atoms with Crippen molar-refractivity contribution < 1.29 is 28.2 Å². The van der Waals surface area contributed by atoms with Gasteiger partial charge in [-0.3, -0.25) is 10.1 Å². The summed E-state index contributed by atoms with van der Waals surface area (Å²) in [6.45, 7) is 6.50. The molecule has 164 valence electrons. The Bertz CT molecular complexity index is 861. The largest absolute Gasteiger partial charge is 0.457 e. The van der Waals surface area contributed by atoms with Gasteiger partial charge in [-0.05, 0) is 32.9 Å². The number of piperazine rings is 1. The molecule has 0 N–H and O–H groups in total. The average molecular weight is 551 g/mol. The zero-order valence-corrected chi connectivity index (χ0v) is 19.7. The molecular weight excluding hydrogens is 529 g/mol. The van der Waals surface area contributed by atoms with E-state index in [0.29, 0.717) is 18.8 Å². The fourth-order valence-corrected chi connectivity index (χ4v) is 4.17. The zero-order valence-electron chi connectivity index (χ0n) is 16.8. The Kier molecular flexibility index (Phi) is 6.97. The lowest BCUT2D eigenvalue weighted by Crippen LogP contribution is -2.57. The normalized spacial score (nSPS) is 18.8. The lowest BCUT2D eigenvalue weighted by atomic mass is 10.0. The molecule has 2 heterocycles. The Hall–Kier alpha value is -1.80. The second-order valence-corrected chi connectivity index (χ2v) is 9.35. The van der Waals surface area contributed by atoms with Crippen LogP contribution < -0.4 is 4.90 Å². The Morgan fingerprint density at radius 1 is 1.40 bits per heavy atom. The van der Waals surface area contributed by atoms with Crippen LogP contribution in [0.1, 0.15) is 36.7 Å².